The lowest BCUT2D eigenvalue weighted by Crippen LogP contribution is -2.14. The van der Waals surface area contributed by atoms with Gasteiger partial charge in [-0.05, 0) is 60.7 Å². The van der Waals surface area contributed by atoms with Gasteiger partial charge in [-0.3, -0.25) is 4.99 Å². The highest BCUT2D eigenvalue weighted by Crippen LogP contribution is 2.25. The van der Waals surface area contributed by atoms with E-state index in [0.29, 0.717) is 0 Å². The van der Waals surface area contributed by atoms with Crippen molar-refractivity contribution in [2.45, 2.75) is 33.1 Å². The van der Waals surface area contributed by atoms with Crippen LogP contribution in [-0.4, -0.2) is 18.9 Å². The molecule has 0 fully saturated rings. The molecule has 0 bridgehead atoms. The normalized spacial score (nSPS) is 14.1. The average molecular weight is 319 g/mol. The van der Waals surface area contributed by atoms with E-state index in [2.05, 4.69) is 62.4 Å². The largest absolute Gasteiger partial charge is 0.494 e. The second-order valence-corrected chi connectivity index (χ2v) is 6.24. The third-order valence-corrected chi connectivity index (χ3v) is 4.31. The minimum atomic E-state index is 0.795. The molecule has 0 N–H and O–H groups in total. The zero-order valence-electron chi connectivity index (χ0n) is 14.6. The monoisotopic (exact) mass is 319 g/mol. The molecular formula is C22H25NO. The summed E-state index contributed by atoms with van der Waals surface area (Å²) in [5.74, 6) is 0.980. The van der Waals surface area contributed by atoms with Crippen molar-refractivity contribution in [3.05, 3.63) is 70.8 Å². The fraction of sp³-hybridized carbons (Fsp3) is 0.318. The first-order valence-corrected chi connectivity index (χ1v) is 8.82. The number of rotatable bonds is 6. The van der Waals surface area contributed by atoms with E-state index in [1.54, 1.807) is 0 Å². The van der Waals surface area contributed by atoms with Gasteiger partial charge in [0.25, 0.3) is 0 Å². The van der Waals surface area contributed by atoms with E-state index in [-0.39, 0.29) is 0 Å². The molecule has 0 radical (unpaired) electrons. The van der Waals surface area contributed by atoms with E-state index in [1.165, 1.54) is 22.3 Å². The molecular weight excluding hydrogens is 294 g/mol. The van der Waals surface area contributed by atoms with Gasteiger partial charge in [0.2, 0.25) is 0 Å². The fourth-order valence-corrected chi connectivity index (χ4v) is 3.01. The van der Waals surface area contributed by atoms with Crippen LogP contribution < -0.4 is 4.74 Å². The van der Waals surface area contributed by atoms with Crippen LogP contribution in [0.4, 0.5) is 0 Å². The third kappa shape index (κ3) is 3.94. The van der Waals surface area contributed by atoms with Crippen molar-refractivity contribution in [3.63, 3.8) is 0 Å². The van der Waals surface area contributed by atoms with Gasteiger partial charge < -0.3 is 4.74 Å². The number of unbranched alkanes of at least 4 members (excludes halogenated alkanes) is 1. The predicted molar refractivity (Wildman–Crippen MR) is 102 cm³/mol. The summed E-state index contributed by atoms with van der Waals surface area (Å²) in [7, 11) is 0. The van der Waals surface area contributed by atoms with E-state index in [0.717, 1.165) is 43.9 Å². The summed E-state index contributed by atoms with van der Waals surface area (Å²) in [6.07, 6.45) is 5.45. The zero-order chi connectivity index (χ0) is 16.8. The second kappa shape index (κ2) is 7.96. The Bertz CT molecular complexity index is 744. The Balaban J connectivity index is 1.83. The van der Waals surface area contributed by atoms with E-state index in [1.807, 2.05) is 6.07 Å². The summed E-state index contributed by atoms with van der Waals surface area (Å²) in [6, 6.07) is 16.8. The number of aliphatic imine (C=N–C) groups is 1. The van der Waals surface area contributed by atoms with Crippen LogP contribution in [-0.2, 0) is 6.42 Å². The van der Waals surface area contributed by atoms with Crippen LogP contribution in [0.2, 0.25) is 0 Å². The summed E-state index contributed by atoms with van der Waals surface area (Å²) in [4.78, 5) is 4.78. The van der Waals surface area contributed by atoms with Gasteiger partial charge in [0.05, 0.1) is 12.3 Å². The predicted octanol–water partition coefficient (Wildman–Crippen LogP) is 5.31. The van der Waals surface area contributed by atoms with Crippen LogP contribution in [0, 0.1) is 0 Å². The summed E-state index contributed by atoms with van der Waals surface area (Å²) < 4.78 is 5.85. The molecule has 0 atom stereocenters. The van der Waals surface area contributed by atoms with Crippen LogP contribution in [0.25, 0.3) is 6.08 Å². The Morgan fingerprint density at radius 2 is 2.00 bits per heavy atom. The Kier molecular flexibility index (Phi) is 5.47. The lowest BCUT2D eigenvalue weighted by molar-refractivity contribution is 0.309. The molecule has 0 aromatic heterocycles. The van der Waals surface area contributed by atoms with Crippen molar-refractivity contribution in [1.82, 2.24) is 0 Å². The third-order valence-electron chi connectivity index (χ3n) is 4.31. The molecule has 0 amide bonds. The van der Waals surface area contributed by atoms with Crippen LogP contribution >= 0.6 is 0 Å². The summed E-state index contributed by atoms with van der Waals surface area (Å²) in [5.41, 5.74) is 6.12. The van der Waals surface area contributed by atoms with Gasteiger partial charge in [-0.15, -0.1) is 0 Å². The van der Waals surface area contributed by atoms with E-state index < -0.39 is 0 Å². The van der Waals surface area contributed by atoms with Crippen molar-refractivity contribution in [3.8, 4) is 5.75 Å². The first kappa shape index (κ1) is 16.5. The maximum absolute atomic E-state index is 5.85. The van der Waals surface area contributed by atoms with Crippen LogP contribution in [0.3, 0.4) is 0 Å². The highest BCUT2D eigenvalue weighted by molar-refractivity contribution is 6.15. The molecule has 2 heteroatoms. The van der Waals surface area contributed by atoms with Gasteiger partial charge >= 0.3 is 0 Å². The quantitative estimate of drug-likeness (QED) is 0.661. The van der Waals surface area contributed by atoms with Crippen LogP contribution in [0.5, 0.6) is 5.75 Å². The maximum atomic E-state index is 5.85. The SMILES string of the molecule is CCCCOc1ccc2c(c1)CCN=C2/C(C)=C\c1ccccc1. The number of fused-ring (bicyclic) bond motifs is 1. The minimum Gasteiger partial charge on any atom is -0.494 e. The van der Waals surface area contributed by atoms with Gasteiger partial charge in [0, 0.05) is 12.1 Å². The first-order chi connectivity index (χ1) is 11.8. The number of hydrogen-bond acceptors (Lipinski definition) is 2. The van der Waals surface area contributed by atoms with Crippen molar-refractivity contribution in [1.29, 1.82) is 0 Å². The summed E-state index contributed by atoms with van der Waals surface area (Å²) in [5, 5.41) is 0. The second-order valence-electron chi connectivity index (χ2n) is 6.24. The maximum Gasteiger partial charge on any atom is 0.119 e. The molecule has 2 aromatic rings. The van der Waals surface area contributed by atoms with Gasteiger partial charge in [-0.1, -0.05) is 43.7 Å². The first-order valence-electron chi connectivity index (χ1n) is 8.82. The average Bonchev–Trinajstić information content (AvgIpc) is 2.62. The van der Waals surface area contributed by atoms with Gasteiger partial charge in [-0.2, -0.15) is 0 Å². The molecule has 1 aliphatic rings. The standard InChI is InChI=1S/C22H25NO/c1-3-4-14-24-20-10-11-21-19(16-20)12-13-23-22(21)17(2)15-18-8-6-5-7-9-18/h5-11,15-16H,3-4,12-14H2,1-2H3/b17-15-. The number of nitrogens with zero attached hydrogens (tertiary/aromatic N) is 1. The van der Waals surface area contributed by atoms with Crippen LogP contribution in [0.1, 0.15) is 43.4 Å². The molecule has 124 valence electrons. The van der Waals surface area contributed by atoms with Crippen molar-refractivity contribution in [2.75, 3.05) is 13.2 Å². The lowest BCUT2D eigenvalue weighted by atomic mass is 9.93. The minimum absolute atomic E-state index is 0.795. The number of hydrogen-bond donors (Lipinski definition) is 0. The van der Waals surface area contributed by atoms with E-state index in [4.69, 9.17) is 9.73 Å². The zero-order valence-corrected chi connectivity index (χ0v) is 14.6. The van der Waals surface area contributed by atoms with E-state index >= 15 is 0 Å². The summed E-state index contributed by atoms with van der Waals surface area (Å²) in [6.45, 7) is 5.97. The van der Waals surface area contributed by atoms with Gasteiger partial charge in [0.1, 0.15) is 5.75 Å². The van der Waals surface area contributed by atoms with E-state index in [9.17, 15) is 0 Å². The van der Waals surface area contributed by atoms with Crippen molar-refractivity contribution < 1.29 is 4.74 Å². The lowest BCUT2D eigenvalue weighted by Gasteiger charge is -2.19. The Labute approximate surface area is 144 Å². The molecule has 2 nitrogen and oxygen atoms in total. The molecule has 24 heavy (non-hydrogen) atoms. The number of ether oxygens (including phenoxy) is 1. The van der Waals surface area contributed by atoms with Crippen LogP contribution in [0.15, 0.2) is 59.1 Å². The Morgan fingerprint density at radius 3 is 2.79 bits per heavy atom. The molecule has 0 unspecified atom stereocenters. The number of allylic oxidation sites excluding steroid dienone is 1. The number of benzene rings is 2. The molecule has 0 aliphatic carbocycles. The molecule has 1 heterocycles. The summed E-state index contributed by atoms with van der Waals surface area (Å²) >= 11 is 0. The topological polar surface area (TPSA) is 21.6 Å². The molecule has 3 rings (SSSR count). The fourth-order valence-electron chi connectivity index (χ4n) is 3.01. The highest BCUT2D eigenvalue weighted by Gasteiger charge is 2.16. The molecule has 0 saturated heterocycles. The molecule has 1 aliphatic heterocycles. The van der Waals surface area contributed by atoms with Gasteiger partial charge in [-0.25, -0.2) is 0 Å². The molecule has 0 saturated carbocycles. The smallest absolute Gasteiger partial charge is 0.119 e. The highest BCUT2D eigenvalue weighted by atomic mass is 16.5. The van der Waals surface area contributed by atoms with Crippen molar-refractivity contribution in [2.24, 2.45) is 4.99 Å². The van der Waals surface area contributed by atoms with Crippen molar-refractivity contribution >= 4 is 11.8 Å². The van der Waals surface area contributed by atoms with Gasteiger partial charge in [0.15, 0.2) is 0 Å². The Hall–Kier alpha value is -2.35. The Morgan fingerprint density at radius 1 is 1.17 bits per heavy atom. The molecule has 0 spiro atoms. The molecule has 2 aromatic carbocycles.